The van der Waals surface area contributed by atoms with Crippen molar-refractivity contribution < 1.29 is 14.3 Å². The van der Waals surface area contributed by atoms with Crippen LogP contribution in [0, 0.1) is 5.82 Å². The predicted molar refractivity (Wildman–Crippen MR) is 107 cm³/mol. The van der Waals surface area contributed by atoms with Crippen LogP contribution in [0.4, 0.5) is 10.1 Å². The van der Waals surface area contributed by atoms with Gasteiger partial charge < -0.3 is 10.1 Å². The van der Waals surface area contributed by atoms with E-state index in [-0.39, 0.29) is 11.6 Å². The van der Waals surface area contributed by atoms with Crippen molar-refractivity contribution in [2.24, 2.45) is 0 Å². The number of halogens is 1. The molecule has 1 aliphatic rings. The fourth-order valence-electron chi connectivity index (χ4n) is 3.84. The lowest BCUT2D eigenvalue weighted by atomic mass is 9.94. The van der Waals surface area contributed by atoms with Crippen LogP contribution >= 0.6 is 0 Å². The summed E-state index contributed by atoms with van der Waals surface area (Å²) in [4.78, 5) is 21.8. The highest BCUT2D eigenvalue weighted by Crippen LogP contribution is 2.43. The summed E-state index contributed by atoms with van der Waals surface area (Å²) in [6, 6.07) is 11.2. The first-order valence-electron chi connectivity index (χ1n) is 9.54. The molecule has 1 aliphatic heterocycles. The summed E-state index contributed by atoms with van der Waals surface area (Å²) in [5.74, 6) is -1.06. The van der Waals surface area contributed by atoms with Crippen LogP contribution in [0.2, 0.25) is 0 Å². The van der Waals surface area contributed by atoms with Crippen molar-refractivity contribution >= 4 is 22.6 Å². The molecule has 0 saturated carbocycles. The Bertz CT molecular complexity index is 1060. The maximum atomic E-state index is 13.9. The normalized spacial score (nSPS) is 17.1. The van der Waals surface area contributed by atoms with Gasteiger partial charge in [-0.05, 0) is 48.7 Å². The lowest BCUT2D eigenvalue weighted by molar-refractivity contribution is -0.117. The van der Waals surface area contributed by atoms with Crippen LogP contribution in [-0.2, 0) is 4.79 Å². The average molecular weight is 379 g/mol. The van der Waals surface area contributed by atoms with Crippen LogP contribution in [0.25, 0.3) is 11.0 Å². The molecule has 28 heavy (non-hydrogen) atoms. The molecule has 1 amide bonds. The number of nitrogens with one attached hydrogen (secondary N) is 1. The Balaban J connectivity index is 1.80. The number of hydrogen-bond donors (Lipinski definition) is 2. The van der Waals surface area contributed by atoms with Crippen LogP contribution in [-0.4, -0.2) is 21.0 Å². The number of unbranched alkanes of at least 4 members (excludes halogenated alkanes) is 2. The minimum Gasteiger partial charge on any atom is -0.503 e. The number of anilines is 1. The minimum absolute atomic E-state index is 0.229. The quantitative estimate of drug-likeness (QED) is 0.580. The van der Waals surface area contributed by atoms with Crippen molar-refractivity contribution in [3.63, 3.8) is 0 Å². The van der Waals surface area contributed by atoms with Gasteiger partial charge in [-0.3, -0.25) is 9.69 Å². The summed E-state index contributed by atoms with van der Waals surface area (Å²) in [5.41, 5.74) is 3.49. The van der Waals surface area contributed by atoms with Gasteiger partial charge >= 0.3 is 0 Å². The van der Waals surface area contributed by atoms with Crippen LogP contribution in [0.3, 0.4) is 0 Å². The molecule has 6 heteroatoms. The van der Waals surface area contributed by atoms with E-state index in [0.717, 1.165) is 30.3 Å². The third-order valence-corrected chi connectivity index (χ3v) is 5.21. The third-order valence-electron chi connectivity index (χ3n) is 5.21. The molecule has 5 nitrogen and oxygen atoms in total. The molecule has 0 bridgehead atoms. The van der Waals surface area contributed by atoms with E-state index in [2.05, 4.69) is 16.9 Å². The summed E-state index contributed by atoms with van der Waals surface area (Å²) in [5, 5.41) is 10.6. The molecule has 1 unspecified atom stereocenters. The predicted octanol–water partition coefficient (Wildman–Crippen LogP) is 5.18. The maximum Gasteiger partial charge on any atom is 0.293 e. The molecule has 3 aromatic rings. The summed E-state index contributed by atoms with van der Waals surface area (Å²) in [6.07, 6.45) is 5.08. The molecule has 2 aromatic carbocycles. The zero-order valence-electron chi connectivity index (χ0n) is 15.7. The van der Waals surface area contributed by atoms with Gasteiger partial charge in [-0.1, -0.05) is 31.9 Å². The molecular formula is C22H22FN3O2. The number of amides is 1. The number of imidazole rings is 1. The molecule has 2 N–H and O–H groups in total. The van der Waals surface area contributed by atoms with Crippen LogP contribution in [0.1, 0.15) is 44.2 Å². The van der Waals surface area contributed by atoms with E-state index in [9.17, 15) is 14.3 Å². The number of benzene rings is 2. The molecule has 0 spiro atoms. The fourth-order valence-corrected chi connectivity index (χ4v) is 3.84. The minimum atomic E-state index is -0.531. The molecule has 0 aliphatic carbocycles. The summed E-state index contributed by atoms with van der Waals surface area (Å²) in [6.45, 7) is 2.10. The van der Waals surface area contributed by atoms with E-state index in [1.165, 1.54) is 12.1 Å². The van der Waals surface area contributed by atoms with Crippen molar-refractivity contribution in [1.29, 1.82) is 0 Å². The second-order valence-electron chi connectivity index (χ2n) is 7.07. The molecular weight excluding hydrogens is 357 g/mol. The Morgan fingerprint density at radius 2 is 2.07 bits per heavy atom. The van der Waals surface area contributed by atoms with Gasteiger partial charge in [-0.25, -0.2) is 9.37 Å². The van der Waals surface area contributed by atoms with E-state index in [1.54, 1.807) is 29.4 Å². The van der Waals surface area contributed by atoms with Gasteiger partial charge in [-0.2, -0.15) is 0 Å². The number of aliphatic hydroxyl groups excluding tert-OH is 1. The number of aromatic nitrogens is 2. The Morgan fingerprint density at radius 1 is 1.21 bits per heavy atom. The molecule has 2 heterocycles. The first kappa shape index (κ1) is 18.2. The number of H-pyrrole nitrogens is 1. The Morgan fingerprint density at radius 3 is 2.86 bits per heavy atom. The van der Waals surface area contributed by atoms with E-state index < -0.39 is 11.9 Å². The van der Waals surface area contributed by atoms with Gasteiger partial charge in [0, 0.05) is 11.3 Å². The molecule has 1 atom stereocenters. The van der Waals surface area contributed by atoms with Gasteiger partial charge in [0.2, 0.25) is 0 Å². The number of hydrogen-bond acceptors (Lipinski definition) is 3. The fraction of sp³-hybridized carbons (Fsp3) is 0.273. The number of fused-ring (bicyclic) bond motifs is 1. The lowest BCUT2D eigenvalue weighted by Crippen LogP contribution is -2.30. The molecule has 1 aromatic heterocycles. The van der Waals surface area contributed by atoms with Crippen molar-refractivity contribution in [3.8, 4) is 0 Å². The number of carbonyl (C=O) groups is 1. The Kier molecular flexibility index (Phi) is 4.86. The van der Waals surface area contributed by atoms with Crippen molar-refractivity contribution in [2.75, 3.05) is 4.90 Å². The highest BCUT2D eigenvalue weighted by Gasteiger charge is 2.41. The number of rotatable bonds is 6. The number of nitrogens with zero attached hydrogens (tertiary/aromatic N) is 2. The summed E-state index contributed by atoms with van der Waals surface area (Å²) in [7, 11) is 0. The zero-order valence-corrected chi connectivity index (χ0v) is 15.7. The Labute approximate surface area is 162 Å². The molecule has 0 radical (unpaired) electrons. The van der Waals surface area contributed by atoms with Gasteiger partial charge in [0.05, 0.1) is 23.4 Å². The van der Waals surface area contributed by atoms with E-state index in [0.29, 0.717) is 23.2 Å². The Hall–Kier alpha value is -3.15. The van der Waals surface area contributed by atoms with E-state index >= 15 is 0 Å². The van der Waals surface area contributed by atoms with Crippen LogP contribution in [0.5, 0.6) is 0 Å². The second-order valence-corrected chi connectivity index (χ2v) is 7.07. The topological polar surface area (TPSA) is 69.2 Å². The van der Waals surface area contributed by atoms with Gasteiger partial charge in [-0.15, -0.1) is 0 Å². The van der Waals surface area contributed by atoms with Gasteiger partial charge in [0.15, 0.2) is 5.76 Å². The first-order chi connectivity index (χ1) is 13.6. The molecule has 0 saturated heterocycles. The maximum absolute atomic E-state index is 13.9. The average Bonchev–Trinajstić information content (AvgIpc) is 3.25. The largest absolute Gasteiger partial charge is 0.503 e. The summed E-state index contributed by atoms with van der Waals surface area (Å²) >= 11 is 0. The number of aromatic amines is 1. The molecule has 4 rings (SSSR count). The van der Waals surface area contributed by atoms with Crippen molar-refractivity contribution in [2.45, 2.75) is 38.6 Å². The standard InChI is InChI=1S/C22H22FN3O2/c1-2-3-4-8-17-20(14-6-5-7-15(23)11-14)26(22(28)21(17)27)16-9-10-18-19(12-16)25-13-24-18/h5-7,9-13,20,27H,2-4,8H2,1H3,(H,24,25). The number of aliphatic hydroxyl groups is 1. The lowest BCUT2D eigenvalue weighted by Gasteiger charge is -2.27. The van der Waals surface area contributed by atoms with Gasteiger partial charge in [0.25, 0.3) is 5.91 Å². The summed E-state index contributed by atoms with van der Waals surface area (Å²) < 4.78 is 13.9. The SMILES string of the molecule is CCCCCC1=C(O)C(=O)N(c2ccc3[nH]cnc3c2)C1c1cccc(F)c1. The van der Waals surface area contributed by atoms with Crippen LogP contribution in [0.15, 0.2) is 60.1 Å². The molecule has 144 valence electrons. The first-order valence-corrected chi connectivity index (χ1v) is 9.54. The van der Waals surface area contributed by atoms with Crippen LogP contribution < -0.4 is 4.90 Å². The van der Waals surface area contributed by atoms with Gasteiger partial charge in [0.1, 0.15) is 5.82 Å². The molecule has 0 fully saturated rings. The smallest absolute Gasteiger partial charge is 0.293 e. The monoisotopic (exact) mass is 379 g/mol. The second kappa shape index (κ2) is 7.46. The van der Waals surface area contributed by atoms with E-state index in [4.69, 9.17) is 0 Å². The zero-order chi connectivity index (χ0) is 19.7. The van der Waals surface area contributed by atoms with Crippen molar-refractivity contribution in [3.05, 3.63) is 71.5 Å². The van der Waals surface area contributed by atoms with Crippen molar-refractivity contribution in [1.82, 2.24) is 9.97 Å². The highest BCUT2D eigenvalue weighted by molar-refractivity contribution is 6.09. The van der Waals surface area contributed by atoms with E-state index in [1.807, 2.05) is 12.1 Å². The highest BCUT2D eigenvalue weighted by atomic mass is 19.1. The third kappa shape index (κ3) is 3.15. The number of carbonyl (C=O) groups excluding carboxylic acids is 1.